The molecule has 1 aromatic rings. The highest BCUT2D eigenvalue weighted by Gasteiger charge is 2.51. The van der Waals surface area contributed by atoms with Crippen LogP contribution in [0.2, 0.25) is 0 Å². The molecule has 0 aliphatic carbocycles. The van der Waals surface area contributed by atoms with Gasteiger partial charge < -0.3 is 15.5 Å². The Balaban J connectivity index is 2.14. The van der Waals surface area contributed by atoms with Crippen LogP contribution >= 0.6 is 22.9 Å². The van der Waals surface area contributed by atoms with Gasteiger partial charge in [-0.2, -0.15) is 8.42 Å². The molecule has 2 atom stereocenters. The second kappa shape index (κ2) is 8.16. The third-order valence-corrected chi connectivity index (χ3v) is 5.39. The van der Waals surface area contributed by atoms with Crippen molar-refractivity contribution >= 4 is 61.8 Å². The molecule has 27 heavy (non-hydrogen) atoms. The number of alkyl halides is 1. The van der Waals surface area contributed by atoms with Crippen molar-refractivity contribution in [3.8, 4) is 0 Å². The molecule has 2 heterocycles. The molecule has 2 rings (SSSR count). The summed E-state index contributed by atoms with van der Waals surface area (Å²) in [5.74, 6) is -2.63. The highest BCUT2D eigenvalue weighted by atomic mass is 35.5. The Morgan fingerprint density at radius 2 is 2.19 bits per heavy atom. The van der Waals surface area contributed by atoms with E-state index in [0.29, 0.717) is 0 Å². The second-order valence-corrected chi connectivity index (χ2v) is 7.56. The molecule has 0 spiro atoms. The zero-order valence-electron chi connectivity index (χ0n) is 13.9. The van der Waals surface area contributed by atoms with Crippen LogP contribution in [0.15, 0.2) is 10.5 Å². The smallest absolute Gasteiger partial charge is 0.362 e. The number of rotatable bonds is 7. The fourth-order valence-corrected chi connectivity index (χ4v) is 3.86. The maximum atomic E-state index is 12.4. The van der Waals surface area contributed by atoms with Crippen molar-refractivity contribution in [1.82, 2.24) is 14.6 Å². The number of anilines is 1. The lowest BCUT2D eigenvalue weighted by Crippen LogP contribution is -2.71. The Morgan fingerprint density at radius 3 is 2.70 bits per heavy atom. The maximum absolute atomic E-state index is 12.4. The van der Waals surface area contributed by atoms with Crippen LogP contribution in [0.5, 0.6) is 0 Å². The van der Waals surface area contributed by atoms with E-state index >= 15 is 0 Å². The number of aromatic nitrogens is 1. The highest BCUT2D eigenvalue weighted by Crippen LogP contribution is 2.23. The van der Waals surface area contributed by atoms with Crippen molar-refractivity contribution in [3.05, 3.63) is 11.1 Å². The van der Waals surface area contributed by atoms with E-state index in [9.17, 15) is 22.8 Å². The molecule has 0 unspecified atom stereocenters. The first-order valence-corrected chi connectivity index (χ1v) is 9.95. The number of amides is 3. The van der Waals surface area contributed by atoms with Gasteiger partial charge in [-0.3, -0.25) is 18.9 Å². The van der Waals surface area contributed by atoms with Gasteiger partial charge in [-0.25, -0.2) is 9.29 Å². The van der Waals surface area contributed by atoms with E-state index < -0.39 is 40.1 Å². The summed E-state index contributed by atoms with van der Waals surface area (Å²) in [5, 5.41) is 9.84. The molecule has 1 aliphatic rings. The average molecular weight is 440 g/mol. The topological polar surface area (TPSA) is 167 Å². The Hall–Kier alpha value is -2.29. The zero-order valence-corrected chi connectivity index (χ0v) is 16.3. The largest absolute Gasteiger partial charge is 0.398 e. The molecule has 15 heteroatoms. The lowest BCUT2D eigenvalue weighted by molar-refractivity contribution is -0.143. The van der Waals surface area contributed by atoms with Crippen molar-refractivity contribution < 1.29 is 32.2 Å². The summed E-state index contributed by atoms with van der Waals surface area (Å²) >= 11 is 6.39. The molecule has 1 aromatic heterocycles. The molecule has 0 radical (unpaired) electrons. The summed E-state index contributed by atoms with van der Waals surface area (Å²) in [6.45, 7) is 1.33. The van der Waals surface area contributed by atoms with Crippen molar-refractivity contribution in [2.75, 3.05) is 18.3 Å². The van der Waals surface area contributed by atoms with Gasteiger partial charge in [-0.05, 0) is 6.92 Å². The number of hydrogen-bond donors (Lipinski definition) is 3. The average Bonchev–Trinajstić information content (AvgIpc) is 3.04. The number of carbonyl (C=O) groups is 3. The van der Waals surface area contributed by atoms with Crippen molar-refractivity contribution in [2.24, 2.45) is 5.16 Å². The predicted octanol–water partition coefficient (Wildman–Crippen LogP) is -0.811. The Labute approximate surface area is 162 Å². The van der Waals surface area contributed by atoms with E-state index in [0.717, 1.165) is 11.3 Å². The summed E-state index contributed by atoms with van der Waals surface area (Å²) in [5.41, 5.74) is -0.249. The Bertz CT molecular complexity index is 900. The molecule has 1 fully saturated rings. The standard InChI is InChI=1S/C12H14ClN5O7S2/c1-5-8(11(21)18(5)27(22,23)24)16-10(20)9(17-25-2)6-4-26-12(14-6)15-7(19)3-13/h4-5,8H,3H2,1-2H3,(H,16,20)(H,14,15,19)(H,22,23,24)/t5-,8+/m0/s1. The van der Waals surface area contributed by atoms with Crippen LogP contribution in [0.25, 0.3) is 0 Å². The first kappa shape index (κ1) is 21.0. The van der Waals surface area contributed by atoms with Crippen LogP contribution < -0.4 is 10.6 Å². The molecule has 3 amide bonds. The number of carbonyl (C=O) groups excluding carboxylic acids is 3. The van der Waals surface area contributed by atoms with Gasteiger partial charge in [-0.1, -0.05) is 5.16 Å². The molecule has 1 saturated heterocycles. The van der Waals surface area contributed by atoms with Gasteiger partial charge in [0.25, 0.3) is 11.8 Å². The highest BCUT2D eigenvalue weighted by molar-refractivity contribution is 7.84. The minimum Gasteiger partial charge on any atom is -0.398 e. The normalized spacial score (nSPS) is 20.1. The van der Waals surface area contributed by atoms with E-state index in [-0.39, 0.29) is 26.7 Å². The van der Waals surface area contributed by atoms with Gasteiger partial charge >= 0.3 is 10.3 Å². The molecule has 3 N–H and O–H groups in total. The molecule has 12 nitrogen and oxygen atoms in total. The summed E-state index contributed by atoms with van der Waals surface area (Å²) in [6.07, 6.45) is 0. The third kappa shape index (κ3) is 4.52. The Morgan fingerprint density at radius 1 is 1.52 bits per heavy atom. The fourth-order valence-electron chi connectivity index (χ4n) is 2.20. The number of thiazole rings is 1. The van der Waals surface area contributed by atoms with E-state index in [1.54, 1.807) is 0 Å². The number of nitrogens with one attached hydrogen (secondary N) is 2. The minimum atomic E-state index is -4.71. The molecular formula is C12H14ClN5O7S2. The molecule has 0 aromatic carbocycles. The summed E-state index contributed by atoms with van der Waals surface area (Å²) in [6, 6.07) is -2.18. The van der Waals surface area contributed by atoms with E-state index in [2.05, 4.69) is 25.6 Å². The number of β-lactam (4-membered cyclic amide) rings is 1. The van der Waals surface area contributed by atoms with Crippen molar-refractivity contribution in [3.63, 3.8) is 0 Å². The molecule has 0 bridgehead atoms. The van der Waals surface area contributed by atoms with Gasteiger partial charge in [0.2, 0.25) is 5.91 Å². The molecule has 0 saturated carbocycles. The summed E-state index contributed by atoms with van der Waals surface area (Å²) in [7, 11) is -3.52. The van der Waals surface area contributed by atoms with Crippen LogP contribution in [0.4, 0.5) is 5.13 Å². The van der Waals surface area contributed by atoms with Crippen LogP contribution in [-0.2, 0) is 29.5 Å². The van der Waals surface area contributed by atoms with Gasteiger partial charge in [0.1, 0.15) is 24.7 Å². The second-order valence-electron chi connectivity index (χ2n) is 5.15. The van der Waals surface area contributed by atoms with Gasteiger partial charge in [0.15, 0.2) is 10.8 Å². The minimum absolute atomic E-state index is 0.0512. The SMILES string of the molecule is CON=C(C(=O)N[C@H]1C(=O)N(S(=O)(=O)O)[C@H]1C)c1csc(NC(=O)CCl)n1. The molecule has 1 aliphatic heterocycles. The monoisotopic (exact) mass is 439 g/mol. The lowest BCUT2D eigenvalue weighted by atomic mass is 10.0. The van der Waals surface area contributed by atoms with E-state index in [1.165, 1.54) is 19.4 Å². The van der Waals surface area contributed by atoms with E-state index in [1.807, 2.05) is 0 Å². The van der Waals surface area contributed by atoms with Crippen LogP contribution in [-0.4, -0.2) is 70.8 Å². The van der Waals surface area contributed by atoms with Gasteiger partial charge in [0.05, 0.1) is 6.04 Å². The number of oxime groups is 1. The first-order chi connectivity index (χ1) is 12.6. The maximum Gasteiger partial charge on any atom is 0.362 e. The van der Waals surface area contributed by atoms with Crippen LogP contribution in [0.3, 0.4) is 0 Å². The van der Waals surface area contributed by atoms with Crippen LogP contribution in [0, 0.1) is 0 Å². The summed E-state index contributed by atoms with van der Waals surface area (Å²) < 4.78 is 31.4. The number of halogens is 1. The first-order valence-electron chi connectivity index (χ1n) is 7.14. The van der Waals surface area contributed by atoms with Crippen molar-refractivity contribution in [1.29, 1.82) is 0 Å². The predicted molar refractivity (Wildman–Crippen MR) is 94.8 cm³/mol. The van der Waals surface area contributed by atoms with Gasteiger partial charge in [0, 0.05) is 5.38 Å². The van der Waals surface area contributed by atoms with E-state index in [4.69, 9.17) is 16.2 Å². The lowest BCUT2D eigenvalue weighted by Gasteiger charge is -2.42. The Kier molecular flexibility index (Phi) is 6.35. The fraction of sp³-hybridized carbons (Fsp3) is 0.417. The number of nitrogens with zero attached hydrogens (tertiary/aromatic N) is 3. The summed E-state index contributed by atoms with van der Waals surface area (Å²) in [4.78, 5) is 44.2. The quantitative estimate of drug-likeness (QED) is 0.163. The molecular weight excluding hydrogens is 426 g/mol. The van der Waals surface area contributed by atoms with Crippen LogP contribution in [0.1, 0.15) is 12.6 Å². The zero-order chi connectivity index (χ0) is 20.4. The molecule has 148 valence electrons. The van der Waals surface area contributed by atoms with Crippen molar-refractivity contribution in [2.45, 2.75) is 19.0 Å². The number of hydrogen-bond acceptors (Lipinski definition) is 9. The third-order valence-electron chi connectivity index (χ3n) is 3.38. The van der Waals surface area contributed by atoms with Gasteiger partial charge in [-0.15, -0.1) is 22.9 Å².